The van der Waals surface area contributed by atoms with Crippen molar-refractivity contribution in [1.29, 1.82) is 0 Å². The normalized spacial score (nSPS) is 10.9. The lowest BCUT2D eigenvalue weighted by Crippen LogP contribution is -2.06. The first-order valence-corrected chi connectivity index (χ1v) is 10.6. The summed E-state index contributed by atoms with van der Waals surface area (Å²) in [5.41, 5.74) is 3.32. The van der Waals surface area contributed by atoms with Gasteiger partial charge in [0, 0.05) is 36.0 Å². The highest BCUT2D eigenvalue weighted by molar-refractivity contribution is 6.10. The van der Waals surface area contributed by atoms with Crippen LogP contribution in [0.25, 0.3) is 0 Å². The largest absolute Gasteiger partial charge is 0.494 e. The summed E-state index contributed by atoms with van der Waals surface area (Å²) in [4.78, 5) is 23.8. The van der Waals surface area contributed by atoms with Gasteiger partial charge in [-0.25, -0.2) is 0 Å². The second kappa shape index (κ2) is 11.4. The molecule has 0 bridgehead atoms. The number of carboxylic acids is 1. The number of benzene rings is 1. The molecule has 5 nitrogen and oxygen atoms in total. The zero-order valence-electron chi connectivity index (χ0n) is 17.9. The van der Waals surface area contributed by atoms with E-state index >= 15 is 0 Å². The van der Waals surface area contributed by atoms with E-state index in [1.165, 1.54) is 19.3 Å². The van der Waals surface area contributed by atoms with Gasteiger partial charge in [0.2, 0.25) is 0 Å². The Morgan fingerprint density at radius 2 is 1.76 bits per heavy atom. The van der Waals surface area contributed by atoms with Crippen molar-refractivity contribution in [3.05, 3.63) is 52.8 Å². The number of nitrogens with zero attached hydrogens (tertiary/aromatic N) is 1. The Bertz CT molecular complexity index is 805. The Hall–Kier alpha value is -2.56. The molecular formula is C24H33NO4. The molecule has 29 heavy (non-hydrogen) atoms. The first-order valence-electron chi connectivity index (χ1n) is 10.6. The van der Waals surface area contributed by atoms with Crippen LogP contribution in [-0.4, -0.2) is 28.0 Å². The number of aromatic nitrogens is 1. The number of unbranched alkanes of at least 4 members (excludes halogenated alkanes) is 3. The minimum absolute atomic E-state index is 0.00331. The summed E-state index contributed by atoms with van der Waals surface area (Å²) >= 11 is 0. The van der Waals surface area contributed by atoms with Crippen molar-refractivity contribution in [2.24, 2.45) is 7.05 Å². The molecule has 0 unspecified atom stereocenters. The van der Waals surface area contributed by atoms with Gasteiger partial charge in [-0.3, -0.25) is 9.59 Å². The molecule has 1 aromatic carbocycles. The van der Waals surface area contributed by atoms with Crippen LogP contribution in [0.15, 0.2) is 30.3 Å². The van der Waals surface area contributed by atoms with Crippen LogP contribution in [0, 0.1) is 0 Å². The van der Waals surface area contributed by atoms with Gasteiger partial charge < -0.3 is 14.4 Å². The predicted molar refractivity (Wildman–Crippen MR) is 115 cm³/mol. The molecule has 5 heteroatoms. The summed E-state index contributed by atoms with van der Waals surface area (Å²) in [6.07, 6.45) is 6.75. The van der Waals surface area contributed by atoms with Crippen LogP contribution in [-0.2, 0) is 24.7 Å². The van der Waals surface area contributed by atoms with Crippen LogP contribution >= 0.6 is 0 Å². The average Bonchev–Trinajstić information content (AvgIpc) is 3.03. The fourth-order valence-corrected chi connectivity index (χ4v) is 3.56. The second-order valence-electron chi connectivity index (χ2n) is 7.42. The van der Waals surface area contributed by atoms with E-state index < -0.39 is 5.97 Å². The maximum absolute atomic E-state index is 13.1. The lowest BCUT2D eigenvalue weighted by molar-refractivity contribution is -0.137. The van der Waals surface area contributed by atoms with E-state index in [1.54, 1.807) is 0 Å². The van der Waals surface area contributed by atoms with E-state index in [9.17, 15) is 9.59 Å². The Labute approximate surface area is 173 Å². The monoisotopic (exact) mass is 399 g/mol. The van der Waals surface area contributed by atoms with Gasteiger partial charge >= 0.3 is 5.97 Å². The molecule has 0 amide bonds. The van der Waals surface area contributed by atoms with Crippen LogP contribution in [0.3, 0.4) is 0 Å². The highest BCUT2D eigenvalue weighted by Gasteiger charge is 2.19. The maximum atomic E-state index is 13.1. The van der Waals surface area contributed by atoms with Crippen molar-refractivity contribution in [1.82, 2.24) is 4.57 Å². The van der Waals surface area contributed by atoms with E-state index in [-0.39, 0.29) is 12.2 Å². The molecule has 0 aliphatic carbocycles. The number of hydrogen-bond donors (Lipinski definition) is 1. The van der Waals surface area contributed by atoms with Gasteiger partial charge in [-0.05, 0) is 56.0 Å². The number of hydrogen-bond acceptors (Lipinski definition) is 3. The van der Waals surface area contributed by atoms with Crippen LogP contribution in [0.2, 0.25) is 0 Å². The molecule has 2 aromatic rings. The molecule has 0 saturated heterocycles. The van der Waals surface area contributed by atoms with E-state index in [1.807, 2.05) is 48.9 Å². The quantitative estimate of drug-likeness (QED) is 0.372. The summed E-state index contributed by atoms with van der Waals surface area (Å²) in [7, 11) is 1.95. The topological polar surface area (TPSA) is 68.5 Å². The van der Waals surface area contributed by atoms with E-state index in [0.717, 1.165) is 30.0 Å². The van der Waals surface area contributed by atoms with Crippen molar-refractivity contribution in [2.75, 3.05) is 6.61 Å². The first kappa shape index (κ1) is 22.7. The Morgan fingerprint density at radius 1 is 1.03 bits per heavy atom. The van der Waals surface area contributed by atoms with Crippen molar-refractivity contribution >= 4 is 11.8 Å². The van der Waals surface area contributed by atoms with Gasteiger partial charge in [-0.15, -0.1) is 0 Å². The number of ether oxygens (including phenoxy) is 1. The number of aryl methyl sites for hydroxylation is 1. The van der Waals surface area contributed by atoms with Gasteiger partial charge in [0.1, 0.15) is 5.75 Å². The zero-order chi connectivity index (χ0) is 21.2. The van der Waals surface area contributed by atoms with Gasteiger partial charge in [0.05, 0.1) is 6.61 Å². The molecule has 1 heterocycles. The molecule has 0 atom stereocenters. The van der Waals surface area contributed by atoms with Crippen LogP contribution < -0.4 is 4.74 Å². The predicted octanol–water partition coefficient (Wildman–Crippen LogP) is 5.18. The molecule has 158 valence electrons. The standard InChI is InChI=1S/C24H33NO4/c1-4-6-7-8-16-29-20-14-12-18(13-15-20)24(28)21-17-19(10-9-11-23(26)27)25(3)22(21)5-2/h12-15,17H,4-11,16H2,1-3H3,(H,26,27). The van der Waals surface area contributed by atoms with E-state index in [2.05, 4.69) is 6.92 Å². The lowest BCUT2D eigenvalue weighted by Gasteiger charge is -2.08. The third-order valence-corrected chi connectivity index (χ3v) is 5.24. The molecule has 2 rings (SSSR count). The van der Waals surface area contributed by atoms with Crippen LogP contribution in [0.5, 0.6) is 5.75 Å². The van der Waals surface area contributed by atoms with Gasteiger partial charge in [0.15, 0.2) is 5.78 Å². The average molecular weight is 400 g/mol. The molecular weight excluding hydrogens is 366 g/mol. The second-order valence-corrected chi connectivity index (χ2v) is 7.42. The number of rotatable bonds is 13. The maximum Gasteiger partial charge on any atom is 0.303 e. The fourth-order valence-electron chi connectivity index (χ4n) is 3.56. The van der Waals surface area contributed by atoms with Crippen LogP contribution in [0.4, 0.5) is 0 Å². The number of ketones is 1. The number of carbonyl (C=O) groups excluding carboxylic acids is 1. The number of carboxylic acid groups (broad SMARTS) is 1. The minimum atomic E-state index is -0.793. The molecule has 0 aliphatic heterocycles. The summed E-state index contributed by atoms with van der Waals surface area (Å²) in [5, 5.41) is 8.85. The highest BCUT2D eigenvalue weighted by atomic mass is 16.5. The number of aliphatic carboxylic acids is 1. The van der Waals surface area contributed by atoms with Gasteiger partial charge in [0.25, 0.3) is 0 Å². The molecule has 0 aliphatic rings. The van der Waals surface area contributed by atoms with Crippen LogP contribution in [0.1, 0.15) is 79.7 Å². The molecule has 0 spiro atoms. The lowest BCUT2D eigenvalue weighted by atomic mass is 10.0. The highest BCUT2D eigenvalue weighted by Crippen LogP contribution is 2.22. The van der Waals surface area contributed by atoms with Crippen molar-refractivity contribution in [2.45, 2.75) is 65.2 Å². The minimum Gasteiger partial charge on any atom is -0.494 e. The van der Waals surface area contributed by atoms with Crippen molar-refractivity contribution in [3.63, 3.8) is 0 Å². The SMILES string of the molecule is CCCCCCOc1ccc(C(=O)c2cc(CCCC(=O)O)n(C)c2CC)cc1. The summed E-state index contributed by atoms with van der Waals surface area (Å²) in [6, 6.07) is 9.27. The summed E-state index contributed by atoms with van der Waals surface area (Å²) in [5.74, 6) is -0.00786. The van der Waals surface area contributed by atoms with Gasteiger partial charge in [-0.2, -0.15) is 0 Å². The molecule has 0 saturated carbocycles. The third-order valence-electron chi connectivity index (χ3n) is 5.24. The number of carbonyl (C=O) groups is 2. The molecule has 1 N–H and O–H groups in total. The fraction of sp³-hybridized carbons (Fsp3) is 0.500. The Morgan fingerprint density at radius 3 is 2.38 bits per heavy atom. The van der Waals surface area contributed by atoms with Crippen molar-refractivity contribution < 1.29 is 19.4 Å². The van der Waals surface area contributed by atoms with E-state index in [0.29, 0.717) is 30.6 Å². The smallest absolute Gasteiger partial charge is 0.303 e. The first-order chi connectivity index (χ1) is 14.0. The zero-order valence-corrected chi connectivity index (χ0v) is 17.9. The molecule has 1 aromatic heterocycles. The van der Waals surface area contributed by atoms with E-state index in [4.69, 9.17) is 9.84 Å². The summed E-state index contributed by atoms with van der Waals surface area (Å²) in [6.45, 7) is 4.92. The third kappa shape index (κ3) is 6.48. The molecule has 0 radical (unpaired) electrons. The van der Waals surface area contributed by atoms with Gasteiger partial charge in [-0.1, -0.05) is 33.1 Å². The van der Waals surface area contributed by atoms with Crippen molar-refractivity contribution in [3.8, 4) is 5.75 Å². The summed E-state index contributed by atoms with van der Waals surface area (Å²) < 4.78 is 7.79. The molecule has 0 fully saturated rings. The Kier molecular flexibility index (Phi) is 8.97. The Balaban J connectivity index is 2.06.